The van der Waals surface area contributed by atoms with Gasteiger partial charge in [-0.1, -0.05) is 6.92 Å². The first-order valence-corrected chi connectivity index (χ1v) is 7.41. The summed E-state index contributed by atoms with van der Waals surface area (Å²) in [6, 6.07) is 0.0533. The van der Waals surface area contributed by atoms with Crippen molar-refractivity contribution in [2.45, 2.75) is 13.0 Å². The van der Waals surface area contributed by atoms with Gasteiger partial charge in [-0.3, -0.25) is 4.79 Å². The van der Waals surface area contributed by atoms with E-state index >= 15 is 0 Å². The summed E-state index contributed by atoms with van der Waals surface area (Å²) in [6.45, 7) is 6.55. The summed E-state index contributed by atoms with van der Waals surface area (Å²) in [5.74, 6) is -0.444. The lowest BCUT2D eigenvalue weighted by Crippen LogP contribution is -2.40. The molecule has 1 rings (SSSR count). The molecule has 0 aliphatic carbocycles. The summed E-state index contributed by atoms with van der Waals surface area (Å²) >= 11 is 0. The van der Waals surface area contributed by atoms with Gasteiger partial charge in [0, 0.05) is 13.2 Å². The molecule has 0 saturated carbocycles. The molecular formula is C14H27NO6. The quantitative estimate of drug-likeness (QED) is 0.396. The van der Waals surface area contributed by atoms with Crippen molar-refractivity contribution in [3.8, 4) is 0 Å². The van der Waals surface area contributed by atoms with Crippen LogP contribution < -0.4 is 5.32 Å². The lowest BCUT2D eigenvalue weighted by Gasteiger charge is -2.17. The Morgan fingerprint density at radius 2 is 1.76 bits per heavy atom. The third-order valence-electron chi connectivity index (χ3n) is 3.13. The number of hydrogen-bond donors (Lipinski definition) is 1. The zero-order chi connectivity index (χ0) is 15.3. The van der Waals surface area contributed by atoms with Crippen LogP contribution in [-0.4, -0.2) is 78.5 Å². The normalized spacial score (nSPS) is 21.6. The monoisotopic (exact) mass is 305 g/mol. The molecule has 1 aliphatic rings. The van der Waals surface area contributed by atoms with Crippen LogP contribution in [0.2, 0.25) is 0 Å². The van der Waals surface area contributed by atoms with E-state index in [1.54, 1.807) is 7.11 Å². The molecule has 1 heterocycles. The van der Waals surface area contributed by atoms with E-state index in [0.717, 1.165) is 6.54 Å². The summed E-state index contributed by atoms with van der Waals surface area (Å²) in [6.07, 6.45) is 0. The molecule has 2 atom stereocenters. The fraction of sp³-hybridized carbons (Fsp3) is 0.929. The van der Waals surface area contributed by atoms with Gasteiger partial charge < -0.3 is 29.0 Å². The average Bonchev–Trinajstić information content (AvgIpc) is 2.94. The van der Waals surface area contributed by atoms with Crippen molar-refractivity contribution in [1.29, 1.82) is 0 Å². The smallest absolute Gasteiger partial charge is 0.313 e. The van der Waals surface area contributed by atoms with Gasteiger partial charge in [0.15, 0.2) is 0 Å². The highest BCUT2D eigenvalue weighted by atomic mass is 16.6. The summed E-state index contributed by atoms with van der Waals surface area (Å²) < 4.78 is 25.9. The Morgan fingerprint density at radius 3 is 2.43 bits per heavy atom. The van der Waals surface area contributed by atoms with Gasteiger partial charge in [-0.25, -0.2) is 0 Å². The van der Waals surface area contributed by atoms with Gasteiger partial charge in [-0.2, -0.15) is 0 Å². The van der Waals surface area contributed by atoms with Crippen molar-refractivity contribution in [2.24, 2.45) is 5.92 Å². The molecule has 21 heavy (non-hydrogen) atoms. The third kappa shape index (κ3) is 7.73. The molecule has 0 aromatic rings. The van der Waals surface area contributed by atoms with Crippen LogP contribution in [-0.2, 0) is 28.5 Å². The summed E-state index contributed by atoms with van der Waals surface area (Å²) in [5.41, 5.74) is 0. The van der Waals surface area contributed by atoms with Crippen molar-refractivity contribution in [3.63, 3.8) is 0 Å². The Bertz CT molecular complexity index is 276. The number of nitrogens with one attached hydrogen (secondary N) is 1. The van der Waals surface area contributed by atoms with Crippen molar-refractivity contribution in [3.05, 3.63) is 0 Å². The van der Waals surface area contributed by atoms with Gasteiger partial charge in [0.1, 0.15) is 6.61 Å². The molecule has 1 N–H and O–H groups in total. The molecule has 2 unspecified atom stereocenters. The topological polar surface area (TPSA) is 75.3 Å². The van der Waals surface area contributed by atoms with Crippen molar-refractivity contribution < 1.29 is 28.5 Å². The van der Waals surface area contributed by atoms with E-state index in [0.29, 0.717) is 46.2 Å². The van der Waals surface area contributed by atoms with Crippen molar-refractivity contribution in [2.75, 3.05) is 66.5 Å². The van der Waals surface area contributed by atoms with Crippen molar-refractivity contribution >= 4 is 5.97 Å². The number of likely N-dealkylation sites (N-methyl/N-ethyl adjacent to an activating group) is 1. The first kappa shape index (κ1) is 18.3. The maximum absolute atomic E-state index is 11.9. The fourth-order valence-electron chi connectivity index (χ4n) is 2.02. The molecular weight excluding hydrogens is 278 g/mol. The number of rotatable bonds is 12. The Balaban J connectivity index is 1.98. The van der Waals surface area contributed by atoms with Crippen LogP contribution in [0.3, 0.4) is 0 Å². The largest absolute Gasteiger partial charge is 0.463 e. The van der Waals surface area contributed by atoms with Crippen molar-refractivity contribution in [1.82, 2.24) is 5.32 Å². The molecule has 1 saturated heterocycles. The zero-order valence-electron chi connectivity index (χ0n) is 13.0. The van der Waals surface area contributed by atoms with Gasteiger partial charge >= 0.3 is 5.97 Å². The lowest BCUT2D eigenvalue weighted by atomic mass is 10.0. The molecule has 124 valence electrons. The number of carbonyl (C=O) groups excluding carboxylic acids is 1. The Kier molecular flexibility index (Phi) is 10.4. The van der Waals surface area contributed by atoms with E-state index in [9.17, 15) is 4.79 Å². The predicted octanol–water partition coefficient (Wildman–Crippen LogP) is -0.166. The molecule has 0 aromatic heterocycles. The van der Waals surface area contributed by atoms with E-state index in [2.05, 4.69) is 5.32 Å². The number of hydrogen-bond acceptors (Lipinski definition) is 7. The molecule has 0 amide bonds. The molecule has 1 aliphatic heterocycles. The average molecular weight is 305 g/mol. The van der Waals surface area contributed by atoms with E-state index in [4.69, 9.17) is 23.7 Å². The van der Waals surface area contributed by atoms with Crippen LogP contribution in [0, 0.1) is 5.92 Å². The second-order valence-corrected chi connectivity index (χ2v) is 4.69. The minimum atomic E-state index is -0.224. The molecule has 7 nitrogen and oxygen atoms in total. The number of esters is 1. The van der Waals surface area contributed by atoms with Gasteiger partial charge in [-0.05, 0) is 6.54 Å². The number of methoxy groups -OCH3 is 1. The fourth-order valence-corrected chi connectivity index (χ4v) is 2.02. The minimum Gasteiger partial charge on any atom is -0.463 e. The van der Waals surface area contributed by atoms with Gasteiger partial charge in [0.2, 0.25) is 0 Å². The zero-order valence-corrected chi connectivity index (χ0v) is 13.0. The predicted molar refractivity (Wildman–Crippen MR) is 76.2 cm³/mol. The van der Waals surface area contributed by atoms with E-state index in [-0.39, 0.29) is 24.5 Å². The van der Waals surface area contributed by atoms with E-state index in [1.165, 1.54) is 0 Å². The van der Waals surface area contributed by atoms with E-state index in [1.807, 2.05) is 6.92 Å². The molecule has 0 bridgehead atoms. The molecule has 1 fully saturated rings. The van der Waals surface area contributed by atoms with Crippen LogP contribution in [0.25, 0.3) is 0 Å². The maximum Gasteiger partial charge on any atom is 0.313 e. The lowest BCUT2D eigenvalue weighted by molar-refractivity contribution is -0.150. The van der Waals surface area contributed by atoms with Gasteiger partial charge in [-0.15, -0.1) is 0 Å². The second kappa shape index (κ2) is 11.9. The van der Waals surface area contributed by atoms with E-state index < -0.39 is 0 Å². The highest BCUT2D eigenvalue weighted by Gasteiger charge is 2.34. The van der Waals surface area contributed by atoms with Crippen LogP contribution in [0.1, 0.15) is 6.92 Å². The molecule has 0 radical (unpaired) electrons. The highest BCUT2D eigenvalue weighted by Crippen LogP contribution is 2.15. The summed E-state index contributed by atoms with van der Waals surface area (Å²) in [4.78, 5) is 11.9. The first-order valence-electron chi connectivity index (χ1n) is 7.41. The van der Waals surface area contributed by atoms with Gasteiger partial charge in [0.25, 0.3) is 0 Å². The van der Waals surface area contributed by atoms with Crippen LogP contribution in [0.5, 0.6) is 0 Å². The number of carbonyl (C=O) groups is 1. The summed E-state index contributed by atoms with van der Waals surface area (Å²) in [5, 5.41) is 3.23. The second-order valence-electron chi connectivity index (χ2n) is 4.69. The maximum atomic E-state index is 11.9. The van der Waals surface area contributed by atoms with Crippen LogP contribution in [0.4, 0.5) is 0 Å². The molecule has 7 heteroatoms. The van der Waals surface area contributed by atoms with Crippen LogP contribution in [0.15, 0.2) is 0 Å². The third-order valence-corrected chi connectivity index (χ3v) is 3.13. The minimum absolute atomic E-state index is 0.0533. The van der Waals surface area contributed by atoms with Crippen LogP contribution >= 0.6 is 0 Å². The Labute approximate surface area is 126 Å². The Hall–Kier alpha value is -0.730. The molecule has 0 aromatic carbocycles. The standard InChI is InChI=1S/C14H27NO6/c1-3-15-13-11-20-10-12(13)14(16)21-9-8-19-7-6-18-5-4-17-2/h12-13,15H,3-11H2,1-2H3. The molecule has 0 spiro atoms. The summed E-state index contributed by atoms with van der Waals surface area (Å²) in [7, 11) is 1.63. The first-order chi connectivity index (χ1) is 10.3. The SMILES string of the molecule is CCNC1COCC1C(=O)OCCOCCOCCOC. The number of ether oxygens (including phenoxy) is 5. The van der Waals surface area contributed by atoms with Gasteiger partial charge in [0.05, 0.1) is 52.2 Å². The Morgan fingerprint density at radius 1 is 1.10 bits per heavy atom. The highest BCUT2D eigenvalue weighted by molar-refractivity contribution is 5.73.